The van der Waals surface area contributed by atoms with E-state index in [0.717, 1.165) is 33.4 Å². The van der Waals surface area contributed by atoms with Gasteiger partial charge in [-0.1, -0.05) is 42.5 Å². The summed E-state index contributed by atoms with van der Waals surface area (Å²) in [7, 11) is 0. The third kappa shape index (κ3) is 3.41. The lowest BCUT2D eigenvalue weighted by atomic mass is 9.99. The fourth-order valence-electron chi connectivity index (χ4n) is 3.79. The van der Waals surface area contributed by atoms with E-state index in [1.165, 1.54) is 18.2 Å². The molecule has 0 N–H and O–H groups in total. The Morgan fingerprint density at radius 2 is 1.76 bits per heavy atom. The zero-order chi connectivity index (χ0) is 19.8. The lowest BCUT2D eigenvalue weighted by molar-refractivity contribution is 0.0889. The molecule has 4 nitrogen and oxygen atoms in total. The van der Waals surface area contributed by atoms with Gasteiger partial charge in [-0.3, -0.25) is 4.90 Å². The average molecular weight is 387 g/mol. The summed E-state index contributed by atoms with van der Waals surface area (Å²) in [5.74, 6) is 0.469. The fraction of sp³-hybridized carbons (Fsp3) is 0.125. The summed E-state index contributed by atoms with van der Waals surface area (Å²) in [5, 5.41) is 0.877. The van der Waals surface area contributed by atoms with Crippen LogP contribution in [0.5, 0.6) is 5.75 Å². The number of nitrogens with zero attached hydrogens (tertiary/aromatic N) is 1. The molecule has 0 bridgehead atoms. The van der Waals surface area contributed by atoms with Gasteiger partial charge >= 0.3 is 5.63 Å². The molecule has 4 aromatic rings. The summed E-state index contributed by atoms with van der Waals surface area (Å²) in [5.41, 5.74) is 3.81. The standard InChI is InChI=1S/C24H18FNO3/c25-18-8-6-16(7-9-18)13-26-14-21-22(28-15-26)11-10-19-20(12-23(27)29-24(19)21)17-4-2-1-3-5-17/h1-12H,13-15H2. The van der Waals surface area contributed by atoms with E-state index in [2.05, 4.69) is 4.90 Å². The Morgan fingerprint density at radius 1 is 0.966 bits per heavy atom. The molecular formula is C24H18FNO3. The van der Waals surface area contributed by atoms with Crippen LogP contribution in [0.4, 0.5) is 4.39 Å². The van der Waals surface area contributed by atoms with Crippen molar-refractivity contribution in [3.05, 3.63) is 100 Å². The molecule has 5 rings (SSSR count). The summed E-state index contributed by atoms with van der Waals surface area (Å²) >= 11 is 0. The van der Waals surface area contributed by atoms with E-state index < -0.39 is 0 Å². The van der Waals surface area contributed by atoms with Gasteiger partial charge in [-0.25, -0.2) is 9.18 Å². The van der Waals surface area contributed by atoms with Crippen LogP contribution in [-0.4, -0.2) is 11.6 Å². The van der Waals surface area contributed by atoms with E-state index in [0.29, 0.717) is 25.4 Å². The molecule has 0 saturated carbocycles. The predicted molar refractivity (Wildman–Crippen MR) is 109 cm³/mol. The number of hydrogen-bond donors (Lipinski definition) is 0. The minimum atomic E-state index is -0.389. The van der Waals surface area contributed by atoms with Crippen molar-refractivity contribution in [2.75, 3.05) is 6.73 Å². The molecule has 0 fully saturated rings. The highest BCUT2D eigenvalue weighted by Gasteiger charge is 2.23. The number of halogens is 1. The van der Waals surface area contributed by atoms with Gasteiger partial charge in [0.05, 0.1) is 5.56 Å². The highest BCUT2D eigenvalue weighted by atomic mass is 19.1. The van der Waals surface area contributed by atoms with Crippen molar-refractivity contribution < 1.29 is 13.5 Å². The fourth-order valence-corrected chi connectivity index (χ4v) is 3.79. The Balaban J connectivity index is 1.56. The van der Waals surface area contributed by atoms with Crippen molar-refractivity contribution in [3.63, 3.8) is 0 Å². The first kappa shape index (κ1) is 17.6. The van der Waals surface area contributed by atoms with Gasteiger partial charge in [-0.05, 0) is 41.0 Å². The first-order chi connectivity index (χ1) is 14.2. The van der Waals surface area contributed by atoms with Crippen LogP contribution < -0.4 is 10.4 Å². The van der Waals surface area contributed by atoms with E-state index in [1.807, 2.05) is 42.5 Å². The van der Waals surface area contributed by atoms with Crippen molar-refractivity contribution in [2.45, 2.75) is 13.1 Å². The molecule has 2 heterocycles. The third-order valence-corrected chi connectivity index (χ3v) is 5.16. The van der Waals surface area contributed by atoms with Gasteiger partial charge in [0.2, 0.25) is 0 Å². The van der Waals surface area contributed by atoms with E-state index >= 15 is 0 Å². The van der Waals surface area contributed by atoms with Crippen LogP contribution in [0.1, 0.15) is 11.1 Å². The number of ether oxygens (including phenoxy) is 1. The molecule has 0 radical (unpaired) electrons. The molecule has 1 aromatic heterocycles. The second-order valence-electron chi connectivity index (χ2n) is 7.15. The van der Waals surface area contributed by atoms with Crippen LogP contribution in [0, 0.1) is 5.82 Å². The topological polar surface area (TPSA) is 42.7 Å². The first-order valence-electron chi connectivity index (χ1n) is 9.42. The second kappa shape index (κ2) is 7.18. The quantitative estimate of drug-likeness (QED) is 0.467. The van der Waals surface area contributed by atoms with Crippen molar-refractivity contribution in [1.82, 2.24) is 4.90 Å². The summed E-state index contributed by atoms with van der Waals surface area (Å²) in [4.78, 5) is 14.4. The van der Waals surface area contributed by atoms with Gasteiger partial charge in [-0.2, -0.15) is 0 Å². The van der Waals surface area contributed by atoms with Crippen molar-refractivity contribution in [3.8, 4) is 16.9 Å². The van der Waals surface area contributed by atoms with Crippen LogP contribution in [0.15, 0.2) is 82.0 Å². The molecule has 0 atom stereocenters. The highest BCUT2D eigenvalue weighted by molar-refractivity contribution is 5.95. The molecule has 0 unspecified atom stereocenters. The number of hydrogen-bond acceptors (Lipinski definition) is 4. The summed E-state index contributed by atoms with van der Waals surface area (Å²) in [6.07, 6.45) is 0. The van der Waals surface area contributed by atoms with Gasteiger partial charge in [-0.15, -0.1) is 0 Å². The lowest BCUT2D eigenvalue weighted by Gasteiger charge is -2.29. The molecule has 1 aliphatic rings. The smallest absolute Gasteiger partial charge is 0.336 e. The van der Waals surface area contributed by atoms with E-state index in [-0.39, 0.29) is 11.4 Å². The highest BCUT2D eigenvalue weighted by Crippen LogP contribution is 2.36. The van der Waals surface area contributed by atoms with Crippen LogP contribution in [0.2, 0.25) is 0 Å². The molecular weight excluding hydrogens is 369 g/mol. The Hall–Kier alpha value is -3.44. The summed E-state index contributed by atoms with van der Waals surface area (Å²) in [6, 6.07) is 21.6. The van der Waals surface area contributed by atoms with Gasteiger partial charge < -0.3 is 9.15 Å². The normalized spacial score (nSPS) is 13.8. The predicted octanol–water partition coefficient (Wildman–Crippen LogP) is 4.95. The SMILES string of the molecule is O=c1cc(-c2ccccc2)c2ccc3c(c2o1)CN(Cc1ccc(F)cc1)CO3. The van der Waals surface area contributed by atoms with E-state index in [4.69, 9.17) is 9.15 Å². The zero-order valence-electron chi connectivity index (χ0n) is 15.6. The maximum atomic E-state index is 13.2. The van der Waals surface area contributed by atoms with Crippen LogP contribution >= 0.6 is 0 Å². The summed E-state index contributed by atoms with van der Waals surface area (Å²) < 4.78 is 24.7. The van der Waals surface area contributed by atoms with Crippen molar-refractivity contribution in [1.29, 1.82) is 0 Å². The Labute approximate surface area is 166 Å². The van der Waals surface area contributed by atoms with Gasteiger partial charge in [0, 0.05) is 24.5 Å². The van der Waals surface area contributed by atoms with Crippen molar-refractivity contribution in [2.24, 2.45) is 0 Å². The van der Waals surface area contributed by atoms with Crippen LogP contribution in [-0.2, 0) is 13.1 Å². The van der Waals surface area contributed by atoms with Crippen LogP contribution in [0.3, 0.4) is 0 Å². The Morgan fingerprint density at radius 3 is 2.55 bits per heavy atom. The van der Waals surface area contributed by atoms with E-state index in [9.17, 15) is 9.18 Å². The minimum Gasteiger partial charge on any atom is -0.478 e. The van der Waals surface area contributed by atoms with Gasteiger partial charge in [0.1, 0.15) is 23.9 Å². The van der Waals surface area contributed by atoms with Gasteiger partial charge in [0.15, 0.2) is 0 Å². The molecule has 1 aliphatic heterocycles. The Bertz CT molecular complexity index is 1230. The van der Waals surface area contributed by atoms with Crippen LogP contribution in [0.25, 0.3) is 22.1 Å². The first-order valence-corrected chi connectivity index (χ1v) is 9.42. The molecule has 0 amide bonds. The molecule has 29 heavy (non-hydrogen) atoms. The molecule has 0 spiro atoms. The second-order valence-corrected chi connectivity index (χ2v) is 7.15. The number of fused-ring (bicyclic) bond motifs is 3. The maximum Gasteiger partial charge on any atom is 0.336 e. The molecule has 144 valence electrons. The molecule has 0 saturated heterocycles. The van der Waals surface area contributed by atoms with Crippen molar-refractivity contribution >= 4 is 11.0 Å². The monoisotopic (exact) mass is 387 g/mol. The van der Waals surface area contributed by atoms with Gasteiger partial charge in [0.25, 0.3) is 0 Å². The van der Waals surface area contributed by atoms with E-state index in [1.54, 1.807) is 12.1 Å². The third-order valence-electron chi connectivity index (χ3n) is 5.16. The molecule has 5 heteroatoms. The largest absolute Gasteiger partial charge is 0.478 e. The Kier molecular flexibility index (Phi) is 4.37. The number of rotatable bonds is 3. The molecule has 0 aliphatic carbocycles. The lowest BCUT2D eigenvalue weighted by Crippen LogP contribution is -2.31. The number of benzene rings is 3. The maximum absolute atomic E-state index is 13.2. The molecule has 3 aromatic carbocycles. The average Bonchev–Trinajstić information content (AvgIpc) is 2.75. The minimum absolute atomic E-state index is 0.254. The summed E-state index contributed by atoms with van der Waals surface area (Å²) in [6.45, 7) is 1.60. The zero-order valence-corrected chi connectivity index (χ0v) is 15.6.